The molecule has 0 saturated heterocycles. The molecule has 4 heteroatoms. The summed E-state index contributed by atoms with van der Waals surface area (Å²) in [6.07, 6.45) is 1.08. The summed E-state index contributed by atoms with van der Waals surface area (Å²) in [4.78, 5) is 2.46. The number of fused-ring (bicyclic) bond motifs is 1. The van der Waals surface area contributed by atoms with Crippen LogP contribution in [0.5, 0.6) is 0 Å². The number of rotatable bonds is 2. The van der Waals surface area contributed by atoms with Crippen molar-refractivity contribution in [3.63, 3.8) is 0 Å². The molecule has 2 nitrogen and oxygen atoms in total. The number of anilines is 2. The van der Waals surface area contributed by atoms with Crippen molar-refractivity contribution in [2.75, 3.05) is 23.8 Å². The minimum absolute atomic E-state index is 0.872. The van der Waals surface area contributed by atoms with Crippen molar-refractivity contribution in [1.29, 1.82) is 0 Å². The fraction of sp³-hybridized carbons (Fsp3) is 0.333. The van der Waals surface area contributed by atoms with Crippen LogP contribution in [0.3, 0.4) is 0 Å². The van der Waals surface area contributed by atoms with Crippen molar-refractivity contribution in [2.45, 2.75) is 19.9 Å². The van der Waals surface area contributed by atoms with Crippen molar-refractivity contribution in [3.8, 4) is 0 Å². The summed E-state index contributed by atoms with van der Waals surface area (Å²) >= 11 is 1.83. The van der Waals surface area contributed by atoms with Gasteiger partial charge in [0.1, 0.15) is 7.85 Å². The highest BCUT2D eigenvalue weighted by Crippen LogP contribution is 2.36. The topological polar surface area (TPSA) is 15.3 Å². The SMILES string of the molecule is [B]c1ccc2c(c1)CCN(c1cc(C)c(NC)s1)C2. The third-order valence-corrected chi connectivity index (χ3v) is 5.00. The molecule has 0 atom stereocenters. The average Bonchev–Trinajstić information content (AvgIpc) is 2.79. The zero-order valence-corrected chi connectivity index (χ0v) is 12.2. The first kappa shape index (κ1) is 12.6. The van der Waals surface area contributed by atoms with Gasteiger partial charge in [-0.1, -0.05) is 23.7 Å². The second-order valence-electron chi connectivity index (χ2n) is 5.05. The number of nitrogens with one attached hydrogen (secondary N) is 1. The standard InChI is InChI=1S/C15H17BN2S/c1-10-7-14(19-15(10)17-2)18-6-5-11-8-13(16)4-3-12(11)9-18/h3-4,7-8,17H,5-6,9H2,1-2H3. The van der Waals surface area contributed by atoms with Crippen LogP contribution in [0.25, 0.3) is 0 Å². The molecule has 1 aromatic heterocycles. The Hall–Kier alpha value is -1.42. The van der Waals surface area contributed by atoms with Gasteiger partial charge in [0.2, 0.25) is 0 Å². The summed E-state index contributed by atoms with van der Waals surface area (Å²) < 4.78 is 0. The van der Waals surface area contributed by atoms with Crippen LogP contribution < -0.4 is 15.7 Å². The highest BCUT2D eigenvalue weighted by Gasteiger charge is 2.18. The summed E-state index contributed by atoms with van der Waals surface area (Å²) in [7, 11) is 7.83. The van der Waals surface area contributed by atoms with E-state index in [-0.39, 0.29) is 0 Å². The van der Waals surface area contributed by atoms with Crippen LogP contribution in [0.2, 0.25) is 0 Å². The summed E-state index contributed by atoms with van der Waals surface area (Å²) in [5.41, 5.74) is 5.00. The quantitative estimate of drug-likeness (QED) is 0.842. The zero-order chi connectivity index (χ0) is 13.4. The molecule has 0 unspecified atom stereocenters. The molecule has 3 rings (SSSR count). The number of nitrogens with zero attached hydrogens (tertiary/aromatic N) is 1. The zero-order valence-electron chi connectivity index (χ0n) is 11.4. The van der Waals surface area contributed by atoms with Gasteiger partial charge in [0.05, 0.1) is 10.0 Å². The third kappa shape index (κ3) is 2.37. The van der Waals surface area contributed by atoms with E-state index in [1.807, 2.05) is 24.5 Å². The maximum absolute atomic E-state index is 5.85. The summed E-state index contributed by atoms with van der Waals surface area (Å²) in [6.45, 7) is 4.21. The molecule has 0 bridgehead atoms. The minimum atomic E-state index is 0.872. The van der Waals surface area contributed by atoms with Crippen molar-refractivity contribution >= 4 is 34.6 Å². The van der Waals surface area contributed by atoms with E-state index in [1.54, 1.807) is 0 Å². The highest BCUT2D eigenvalue weighted by atomic mass is 32.1. The third-order valence-electron chi connectivity index (χ3n) is 3.69. The van der Waals surface area contributed by atoms with Crippen molar-refractivity contribution in [1.82, 2.24) is 0 Å². The molecule has 1 aliphatic heterocycles. The van der Waals surface area contributed by atoms with Gasteiger partial charge in [0.15, 0.2) is 0 Å². The van der Waals surface area contributed by atoms with Crippen LogP contribution in [0.4, 0.5) is 10.0 Å². The first-order valence-electron chi connectivity index (χ1n) is 6.58. The molecule has 0 saturated carbocycles. The Morgan fingerprint density at radius 1 is 1.26 bits per heavy atom. The van der Waals surface area contributed by atoms with E-state index in [2.05, 4.69) is 35.3 Å². The van der Waals surface area contributed by atoms with Crippen LogP contribution in [0.15, 0.2) is 24.3 Å². The molecule has 0 spiro atoms. The predicted octanol–water partition coefficient (Wildman–Crippen LogP) is 2.45. The molecule has 2 heterocycles. The Kier molecular flexibility index (Phi) is 3.27. The van der Waals surface area contributed by atoms with Gasteiger partial charge in [-0.2, -0.15) is 0 Å². The van der Waals surface area contributed by atoms with Gasteiger partial charge in [0, 0.05) is 20.1 Å². The van der Waals surface area contributed by atoms with Gasteiger partial charge in [0.25, 0.3) is 0 Å². The molecule has 96 valence electrons. The fourth-order valence-corrected chi connectivity index (χ4v) is 3.68. The minimum Gasteiger partial charge on any atom is -0.380 e. The Bertz CT molecular complexity index is 606. The van der Waals surface area contributed by atoms with Crippen molar-refractivity contribution in [2.24, 2.45) is 0 Å². The molecule has 1 aliphatic rings. The molecule has 1 aromatic carbocycles. The van der Waals surface area contributed by atoms with Crippen LogP contribution in [0, 0.1) is 6.92 Å². The number of aryl methyl sites for hydroxylation is 1. The Labute approximate surface area is 119 Å². The lowest BCUT2D eigenvalue weighted by atomic mass is 9.89. The fourth-order valence-electron chi connectivity index (χ4n) is 2.63. The molecule has 0 amide bonds. The normalized spacial score (nSPS) is 14.3. The van der Waals surface area contributed by atoms with E-state index < -0.39 is 0 Å². The van der Waals surface area contributed by atoms with E-state index in [9.17, 15) is 0 Å². The lowest BCUT2D eigenvalue weighted by molar-refractivity contribution is 0.738. The van der Waals surface area contributed by atoms with Gasteiger partial charge in [-0.3, -0.25) is 0 Å². The maximum atomic E-state index is 5.85. The summed E-state index contributed by atoms with van der Waals surface area (Å²) in [6, 6.07) is 8.56. The maximum Gasteiger partial charge on any atom is 0.113 e. The summed E-state index contributed by atoms with van der Waals surface area (Å²) in [5.74, 6) is 0. The smallest absolute Gasteiger partial charge is 0.113 e. The van der Waals surface area contributed by atoms with Gasteiger partial charge in [-0.05, 0) is 36.1 Å². The molecule has 0 aliphatic carbocycles. The molecule has 2 radical (unpaired) electrons. The molecule has 2 aromatic rings. The van der Waals surface area contributed by atoms with E-state index in [4.69, 9.17) is 7.85 Å². The number of benzene rings is 1. The van der Waals surface area contributed by atoms with Crippen LogP contribution in [-0.2, 0) is 13.0 Å². The van der Waals surface area contributed by atoms with Crippen molar-refractivity contribution in [3.05, 3.63) is 41.0 Å². The van der Waals surface area contributed by atoms with E-state index in [0.29, 0.717) is 0 Å². The second kappa shape index (κ2) is 4.93. The monoisotopic (exact) mass is 268 g/mol. The lowest BCUT2D eigenvalue weighted by Crippen LogP contribution is -2.30. The molecule has 0 fully saturated rings. The Balaban J connectivity index is 1.86. The number of hydrogen-bond acceptors (Lipinski definition) is 3. The van der Waals surface area contributed by atoms with Crippen LogP contribution in [0.1, 0.15) is 16.7 Å². The number of hydrogen-bond donors (Lipinski definition) is 1. The molecular weight excluding hydrogens is 251 g/mol. The van der Waals surface area contributed by atoms with Gasteiger partial charge in [-0.15, -0.1) is 11.3 Å². The largest absolute Gasteiger partial charge is 0.380 e. The van der Waals surface area contributed by atoms with Gasteiger partial charge < -0.3 is 10.2 Å². The molecular formula is C15H17BN2S. The lowest BCUT2D eigenvalue weighted by Gasteiger charge is -2.29. The molecule has 19 heavy (non-hydrogen) atoms. The Morgan fingerprint density at radius 3 is 2.84 bits per heavy atom. The molecule has 1 N–H and O–H groups in total. The van der Waals surface area contributed by atoms with E-state index in [1.165, 1.54) is 26.7 Å². The first-order valence-corrected chi connectivity index (χ1v) is 7.39. The second-order valence-corrected chi connectivity index (χ2v) is 6.08. The van der Waals surface area contributed by atoms with E-state index >= 15 is 0 Å². The predicted molar refractivity (Wildman–Crippen MR) is 85.2 cm³/mol. The Morgan fingerprint density at radius 2 is 2.11 bits per heavy atom. The summed E-state index contributed by atoms with van der Waals surface area (Å²) in [5, 5.41) is 5.87. The van der Waals surface area contributed by atoms with Gasteiger partial charge in [-0.25, -0.2) is 0 Å². The first-order chi connectivity index (χ1) is 9.17. The van der Waals surface area contributed by atoms with Gasteiger partial charge >= 0.3 is 0 Å². The van der Waals surface area contributed by atoms with E-state index in [0.717, 1.165) is 25.0 Å². The average molecular weight is 268 g/mol. The number of thiophene rings is 1. The van der Waals surface area contributed by atoms with Crippen LogP contribution >= 0.6 is 11.3 Å². The highest BCUT2D eigenvalue weighted by molar-refractivity contribution is 7.20. The van der Waals surface area contributed by atoms with Crippen molar-refractivity contribution < 1.29 is 0 Å². The van der Waals surface area contributed by atoms with Crippen LogP contribution in [-0.4, -0.2) is 21.4 Å².